The first-order chi connectivity index (χ1) is 15.3. The lowest BCUT2D eigenvalue weighted by Crippen LogP contribution is -2.35. The third kappa shape index (κ3) is 3.69. The van der Waals surface area contributed by atoms with Crippen molar-refractivity contribution in [1.29, 1.82) is 0 Å². The second-order valence-electron chi connectivity index (χ2n) is 7.65. The molecule has 0 saturated heterocycles. The molecule has 162 valence electrons. The van der Waals surface area contributed by atoms with Gasteiger partial charge in [-0.3, -0.25) is 9.59 Å². The number of amides is 2. The number of carbonyl (C=O) groups excluding carboxylic acids is 2. The van der Waals surface area contributed by atoms with Crippen molar-refractivity contribution >= 4 is 40.4 Å². The molecule has 0 N–H and O–H groups in total. The van der Waals surface area contributed by atoms with Crippen molar-refractivity contribution in [3.63, 3.8) is 0 Å². The molecule has 0 saturated carbocycles. The van der Waals surface area contributed by atoms with E-state index in [1.54, 1.807) is 0 Å². The molecule has 6 heteroatoms. The topological polar surface area (TPSA) is 40.6 Å². The molecule has 0 aromatic heterocycles. The molecule has 1 aliphatic heterocycles. The van der Waals surface area contributed by atoms with Crippen LogP contribution < -0.4 is 9.80 Å². The Morgan fingerprint density at radius 3 is 2.25 bits per heavy atom. The maximum Gasteiger partial charge on any atom is 0.282 e. The number of rotatable bonds is 5. The van der Waals surface area contributed by atoms with Gasteiger partial charge in [-0.25, -0.2) is 9.29 Å². The third-order valence-electron chi connectivity index (χ3n) is 5.67. The summed E-state index contributed by atoms with van der Waals surface area (Å²) in [5.74, 6) is -1.56. The van der Waals surface area contributed by atoms with Crippen LogP contribution in [0.25, 0.3) is 5.57 Å². The zero-order chi connectivity index (χ0) is 23.0. The fraction of sp³-hybridized carbons (Fsp3) is 0.154. The van der Waals surface area contributed by atoms with Crippen LogP contribution in [0.1, 0.15) is 23.6 Å². The van der Waals surface area contributed by atoms with E-state index in [-0.39, 0.29) is 16.4 Å². The van der Waals surface area contributed by atoms with Crippen LogP contribution >= 0.6 is 11.6 Å². The van der Waals surface area contributed by atoms with Crippen LogP contribution in [0.4, 0.5) is 15.8 Å². The Hall–Kier alpha value is -3.44. The fourth-order valence-electron chi connectivity index (χ4n) is 3.86. The number of aryl methyl sites for hydroxylation is 2. The minimum atomic E-state index is -0.614. The molecular weight excluding hydrogens is 427 g/mol. The molecule has 0 fully saturated rings. The molecule has 3 aromatic carbocycles. The Balaban J connectivity index is 1.93. The molecule has 3 aromatic rings. The second kappa shape index (κ2) is 8.60. The molecule has 1 heterocycles. The van der Waals surface area contributed by atoms with Gasteiger partial charge >= 0.3 is 0 Å². The van der Waals surface area contributed by atoms with E-state index in [9.17, 15) is 14.0 Å². The summed E-state index contributed by atoms with van der Waals surface area (Å²) >= 11 is 5.95. The molecule has 4 rings (SSSR count). The zero-order valence-electron chi connectivity index (χ0n) is 18.0. The van der Waals surface area contributed by atoms with E-state index < -0.39 is 17.6 Å². The van der Waals surface area contributed by atoms with Crippen LogP contribution in [0.5, 0.6) is 0 Å². The molecule has 0 spiro atoms. The van der Waals surface area contributed by atoms with E-state index >= 15 is 0 Å². The Morgan fingerprint density at radius 1 is 0.906 bits per heavy atom. The number of hydrogen-bond acceptors (Lipinski definition) is 3. The summed E-state index contributed by atoms with van der Waals surface area (Å²) in [5.41, 5.74) is 4.38. The molecule has 1 aliphatic rings. The summed E-state index contributed by atoms with van der Waals surface area (Å²) in [4.78, 5) is 30.2. The lowest BCUT2D eigenvalue weighted by molar-refractivity contribution is -0.120. The lowest BCUT2D eigenvalue weighted by Gasteiger charge is -2.25. The number of nitrogens with zero attached hydrogens (tertiary/aromatic N) is 2. The molecule has 0 bridgehead atoms. The van der Waals surface area contributed by atoms with Gasteiger partial charge in [0.05, 0.1) is 16.3 Å². The first-order valence-electron chi connectivity index (χ1n) is 10.3. The highest BCUT2D eigenvalue weighted by Gasteiger charge is 2.42. The van der Waals surface area contributed by atoms with Crippen molar-refractivity contribution in [3.05, 3.63) is 100.0 Å². The van der Waals surface area contributed by atoms with Crippen LogP contribution in [0.2, 0.25) is 5.02 Å². The molecule has 32 heavy (non-hydrogen) atoms. The van der Waals surface area contributed by atoms with Crippen molar-refractivity contribution in [2.45, 2.75) is 20.8 Å². The van der Waals surface area contributed by atoms with Gasteiger partial charge in [-0.2, -0.15) is 0 Å². The van der Waals surface area contributed by atoms with Gasteiger partial charge in [0.1, 0.15) is 11.5 Å². The summed E-state index contributed by atoms with van der Waals surface area (Å²) in [6.45, 7) is 6.36. The number of para-hydroxylation sites is 1. The first kappa shape index (κ1) is 21.8. The van der Waals surface area contributed by atoms with E-state index in [2.05, 4.69) is 0 Å². The predicted octanol–water partition coefficient (Wildman–Crippen LogP) is 5.91. The maximum atomic E-state index is 13.7. The molecule has 0 radical (unpaired) electrons. The van der Waals surface area contributed by atoms with Crippen LogP contribution in [0.3, 0.4) is 0 Å². The molecule has 2 amide bonds. The summed E-state index contributed by atoms with van der Waals surface area (Å²) in [5, 5.41) is -0.153. The fourth-order valence-corrected chi connectivity index (χ4v) is 4.04. The smallest absolute Gasteiger partial charge is 0.282 e. The van der Waals surface area contributed by atoms with E-state index in [0.29, 0.717) is 17.7 Å². The van der Waals surface area contributed by atoms with Gasteiger partial charge in [0.15, 0.2) is 0 Å². The number of likely N-dealkylation sites (N-methyl/N-ethyl adjacent to an activating group) is 1. The molecule has 0 unspecified atom stereocenters. The number of imide groups is 1. The minimum absolute atomic E-state index is 0.153. The SMILES string of the molecule is CCN(C1=C(c2ccc(C)c(C)c2)C(=O)N(c2ccc(F)c(Cl)c2)C1=O)c1ccccc1. The Bertz CT molecular complexity index is 1250. The van der Waals surface area contributed by atoms with Crippen LogP contribution in [-0.2, 0) is 9.59 Å². The average molecular weight is 449 g/mol. The largest absolute Gasteiger partial charge is 0.337 e. The van der Waals surface area contributed by atoms with Crippen molar-refractivity contribution in [1.82, 2.24) is 0 Å². The number of anilines is 2. The number of hydrogen-bond donors (Lipinski definition) is 0. The third-order valence-corrected chi connectivity index (χ3v) is 5.96. The van der Waals surface area contributed by atoms with Gasteiger partial charge in [-0.05, 0) is 67.8 Å². The monoisotopic (exact) mass is 448 g/mol. The Kier molecular flexibility index (Phi) is 5.85. The Morgan fingerprint density at radius 2 is 1.62 bits per heavy atom. The molecule has 4 nitrogen and oxygen atoms in total. The van der Waals surface area contributed by atoms with Crippen molar-refractivity contribution in [2.24, 2.45) is 0 Å². The minimum Gasteiger partial charge on any atom is -0.337 e. The van der Waals surface area contributed by atoms with E-state index in [1.165, 1.54) is 12.1 Å². The average Bonchev–Trinajstić information content (AvgIpc) is 3.04. The number of halogens is 2. The van der Waals surface area contributed by atoms with Crippen LogP contribution in [0, 0.1) is 19.7 Å². The number of benzene rings is 3. The molecule has 0 aliphatic carbocycles. The lowest BCUT2D eigenvalue weighted by atomic mass is 9.99. The van der Waals surface area contributed by atoms with Crippen molar-refractivity contribution < 1.29 is 14.0 Å². The summed E-state index contributed by atoms with van der Waals surface area (Å²) in [6, 6.07) is 19.0. The van der Waals surface area contributed by atoms with Crippen molar-refractivity contribution in [3.8, 4) is 0 Å². The van der Waals surface area contributed by atoms with E-state index in [4.69, 9.17) is 11.6 Å². The zero-order valence-corrected chi connectivity index (χ0v) is 18.8. The number of carbonyl (C=O) groups is 2. The molecule has 0 atom stereocenters. The Labute approximate surface area is 191 Å². The second-order valence-corrected chi connectivity index (χ2v) is 8.05. The first-order valence-corrected chi connectivity index (χ1v) is 10.7. The van der Waals surface area contributed by atoms with Crippen LogP contribution in [-0.4, -0.2) is 18.4 Å². The predicted molar refractivity (Wildman–Crippen MR) is 126 cm³/mol. The normalized spacial score (nSPS) is 13.8. The van der Waals surface area contributed by atoms with Gasteiger partial charge in [-0.1, -0.05) is 48.0 Å². The van der Waals surface area contributed by atoms with Crippen LogP contribution in [0.15, 0.2) is 72.4 Å². The van der Waals surface area contributed by atoms with E-state index in [1.807, 2.05) is 74.2 Å². The van der Waals surface area contributed by atoms with E-state index in [0.717, 1.165) is 27.8 Å². The summed E-state index contributed by atoms with van der Waals surface area (Å²) in [6.07, 6.45) is 0. The van der Waals surface area contributed by atoms with Gasteiger partial charge in [0, 0.05) is 12.2 Å². The highest BCUT2D eigenvalue weighted by atomic mass is 35.5. The highest BCUT2D eigenvalue weighted by molar-refractivity contribution is 6.46. The standard InChI is InChI=1S/C26H22ClFN2O2/c1-4-29(19-8-6-5-7-9-19)24-23(18-11-10-16(2)17(3)14-18)25(31)30(26(24)32)20-12-13-22(28)21(27)15-20/h5-15H,4H2,1-3H3. The van der Waals surface area contributed by atoms with Gasteiger partial charge in [-0.15, -0.1) is 0 Å². The van der Waals surface area contributed by atoms with Gasteiger partial charge < -0.3 is 4.90 Å². The van der Waals surface area contributed by atoms with Gasteiger partial charge in [0.2, 0.25) is 0 Å². The molecular formula is C26H22ClFN2O2. The van der Waals surface area contributed by atoms with Gasteiger partial charge in [0.25, 0.3) is 11.8 Å². The van der Waals surface area contributed by atoms with Crippen molar-refractivity contribution in [2.75, 3.05) is 16.3 Å². The summed E-state index contributed by atoms with van der Waals surface area (Å²) in [7, 11) is 0. The summed E-state index contributed by atoms with van der Waals surface area (Å²) < 4.78 is 13.7. The maximum absolute atomic E-state index is 13.7. The highest BCUT2D eigenvalue weighted by Crippen LogP contribution is 2.38. The quantitative estimate of drug-likeness (QED) is 0.456.